The Labute approximate surface area is 181 Å². The monoisotopic (exact) mass is 490 g/mol. The third kappa shape index (κ3) is 11.0. The zero-order chi connectivity index (χ0) is 19.7. The van der Waals surface area contributed by atoms with Crippen LogP contribution < -0.4 is 15.4 Å². The minimum atomic E-state index is -0.246. The highest BCUT2D eigenvalue weighted by Gasteiger charge is 2.17. The van der Waals surface area contributed by atoms with Crippen LogP contribution in [0.25, 0.3) is 0 Å². The summed E-state index contributed by atoms with van der Waals surface area (Å²) in [5.41, 5.74) is 0.917. The fourth-order valence-corrected chi connectivity index (χ4v) is 2.39. The lowest BCUT2D eigenvalue weighted by atomic mass is 10.1. The van der Waals surface area contributed by atoms with Crippen molar-refractivity contribution in [1.29, 1.82) is 0 Å². The highest BCUT2D eigenvalue weighted by Crippen LogP contribution is 2.14. The molecule has 0 aliphatic rings. The summed E-state index contributed by atoms with van der Waals surface area (Å²) in [5, 5.41) is 6.18. The number of benzene rings is 1. The normalized spacial score (nSPS) is 12.6. The Morgan fingerprint density at radius 2 is 2.00 bits per heavy atom. The molecule has 0 spiro atoms. The second-order valence-electron chi connectivity index (χ2n) is 7.59. The van der Waals surface area contributed by atoms with Gasteiger partial charge in [0.2, 0.25) is 5.91 Å². The van der Waals surface area contributed by atoms with Gasteiger partial charge in [0.15, 0.2) is 5.96 Å². The van der Waals surface area contributed by atoms with Gasteiger partial charge in [-0.15, -0.1) is 24.0 Å². The summed E-state index contributed by atoms with van der Waals surface area (Å²) in [7, 11) is 1.86. The van der Waals surface area contributed by atoms with E-state index >= 15 is 0 Å². The average Bonchev–Trinajstić information content (AvgIpc) is 2.49. The molecule has 1 atom stereocenters. The third-order valence-corrected chi connectivity index (χ3v) is 3.42. The molecule has 154 valence electrons. The molecule has 0 aliphatic carbocycles. The summed E-state index contributed by atoms with van der Waals surface area (Å²) in [6.45, 7) is 13.4. The molecule has 0 bridgehead atoms. The lowest BCUT2D eigenvalue weighted by Crippen LogP contribution is -2.49. The van der Waals surface area contributed by atoms with Gasteiger partial charge < -0.3 is 20.3 Å². The van der Waals surface area contributed by atoms with E-state index in [4.69, 9.17) is 4.74 Å². The summed E-state index contributed by atoms with van der Waals surface area (Å²) in [4.78, 5) is 18.6. The minimum absolute atomic E-state index is 0. The smallest absolute Gasteiger partial charge is 0.240 e. The van der Waals surface area contributed by atoms with Crippen LogP contribution in [-0.4, -0.2) is 55.1 Å². The molecular formula is C20H35IN4O2. The Morgan fingerprint density at radius 1 is 1.33 bits per heavy atom. The first-order valence-electron chi connectivity index (χ1n) is 9.14. The molecule has 2 N–H and O–H groups in total. The molecule has 0 aliphatic heterocycles. The van der Waals surface area contributed by atoms with E-state index < -0.39 is 0 Å². The van der Waals surface area contributed by atoms with Gasteiger partial charge in [-0.1, -0.05) is 12.1 Å². The van der Waals surface area contributed by atoms with Crippen molar-refractivity contribution in [3.8, 4) is 5.75 Å². The largest absolute Gasteiger partial charge is 0.489 e. The number of nitrogens with one attached hydrogen (secondary N) is 2. The minimum Gasteiger partial charge on any atom is -0.489 e. The van der Waals surface area contributed by atoms with Crippen molar-refractivity contribution in [2.24, 2.45) is 4.99 Å². The van der Waals surface area contributed by atoms with E-state index in [0.29, 0.717) is 12.5 Å². The van der Waals surface area contributed by atoms with E-state index in [-0.39, 0.29) is 48.1 Å². The summed E-state index contributed by atoms with van der Waals surface area (Å²) < 4.78 is 5.92. The van der Waals surface area contributed by atoms with Crippen LogP contribution in [0.2, 0.25) is 0 Å². The third-order valence-electron chi connectivity index (χ3n) is 3.42. The second kappa shape index (κ2) is 12.0. The molecule has 0 aromatic heterocycles. The molecule has 0 radical (unpaired) electrons. The second-order valence-corrected chi connectivity index (χ2v) is 7.59. The van der Waals surface area contributed by atoms with Crippen molar-refractivity contribution >= 4 is 35.8 Å². The van der Waals surface area contributed by atoms with Crippen LogP contribution >= 0.6 is 24.0 Å². The fraction of sp³-hybridized carbons (Fsp3) is 0.600. The van der Waals surface area contributed by atoms with Crippen LogP contribution in [-0.2, 0) is 4.79 Å². The van der Waals surface area contributed by atoms with Gasteiger partial charge in [-0.25, -0.2) is 4.99 Å². The van der Waals surface area contributed by atoms with Gasteiger partial charge in [-0.3, -0.25) is 4.79 Å². The van der Waals surface area contributed by atoms with Gasteiger partial charge in [0, 0.05) is 19.1 Å². The van der Waals surface area contributed by atoms with Crippen molar-refractivity contribution in [2.75, 3.05) is 26.7 Å². The summed E-state index contributed by atoms with van der Waals surface area (Å²) in [6, 6.07) is 7.97. The molecule has 1 unspecified atom stereocenters. The van der Waals surface area contributed by atoms with Crippen LogP contribution in [0.1, 0.15) is 40.2 Å². The zero-order valence-electron chi connectivity index (χ0n) is 17.6. The summed E-state index contributed by atoms with van der Waals surface area (Å²) >= 11 is 0. The molecule has 0 fully saturated rings. The molecule has 0 saturated heterocycles. The fourth-order valence-electron chi connectivity index (χ4n) is 2.39. The maximum Gasteiger partial charge on any atom is 0.240 e. The lowest BCUT2D eigenvalue weighted by molar-refractivity contribution is -0.122. The molecule has 27 heavy (non-hydrogen) atoms. The van der Waals surface area contributed by atoms with Crippen molar-refractivity contribution < 1.29 is 9.53 Å². The van der Waals surface area contributed by atoms with Crippen molar-refractivity contribution in [1.82, 2.24) is 15.5 Å². The van der Waals surface area contributed by atoms with Crippen molar-refractivity contribution in [3.63, 3.8) is 0 Å². The Morgan fingerprint density at radius 3 is 2.56 bits per heavy atom. The van der Waals surface area contributed by atoms with Crippen LogP contribution in [0.15, 0.2) is 29.3 Å². The number of nitrogens with zero attached hydrogens (tertiary/aromatic N) is 2. The molecule has 7 heteroatoms. The Balaban J connectivity index is 0.00000676. The predicted molar refractivity (Wildman–Crippen MR) is 123 cm³/mol. The molecular weight excluding hydrogens is 455 g/mol. The first-order valence-corrected chi connectivity index (χ1v) is 9.14. The first-order chi connectivity index (χ1) is 12.1. The number of carbonyl (C=O) groups is 1. The van der Waals surface area contributed by atoms with Crippen LogP contribution in [0.5, 0.6) is 5.75 Å². The average molecular weight is 490 g/mol. The predicted octanol–water partition coefficient (Wildman–Crippen LogP) is 3.19. The van der Waals surface area contributed by atoms with Crippen molar-refractivity contribution in [2.45, 2.75) is 53.2 Å². The molecule has 1 amide bonds. The Hall–Kier alpha value is -1.51. The number of ether oxygens (including phenoxy) is 1. The quantitative estimate of drug-likeness (QED) is 0.350. The molecule has 1 aromatic rings. The van der Waals surface area contributed by atoms with E-state index in [2.05, 4.69) is 15.6 Å². The first kappa shape index (κ1) is 25.5. The number of carbonyl (C=O) groups excluding carboxylic acids is 1. The van der Waals surface area contributed by atoms with Gasteiger partial charge >= 0.3 is 0 Å². The summed E-state index contributed by atoms with van der Waals surface area (Å²) in [6.07, 6.45) is -0.0674. The van der Waals surface area contributed by atoms with E-state index in [0.717, 1.165) is 17.9 Å². The number of guanidine groups is 1. The maximum atomic E-state index is 12.1. The van der Waals surface area contributed by atoms with Gasteiger partial charge in [-0.05, 0) is 59.2 Å². The highest BCUT2D eigenvalue weighted by atomic mass is 127. The number of hydrogen-bond acceptors (Lipinski definition) is 3. The SMILES string of the molecule is CCNC(=NCC(C)Oc1cccc(C)c1)N(C)CC(=O)NC(C)(C)C.I. The standard InChI is InChI=1S/C20H34N4O2.HI/c1-8-21-19(24(7)14-18(25)23-20(4,5)6)22-13-16(3)26-17-11-9-10-15(2)12-17;/h9-12,16H,8,13-14H2,1-7H3,(H,21,22)(H,23,25);1H. The number of likely N-dealkylation sites (N-methyl/N-ethyl adjacent to an activating group) is 1. The van der Waals surface area contributed by atoms with Gasteiger partial charge in [-0.2, -0.15) is 0 Å². The van der Waals surface area contributed by atoms with Gasteiger partial charge in [0.25, 0.3) is 0 Å². The Bertz CT molecular complexity index is 614. The molecule has 6 nitrogen and oxygen atoms in total. The Kier molecular flexibility index (Phi) is 11.4. The molecule has 1 aromatic carbocycles. The number of hydrogen-bond donors (Lipinski definition) is 2. The number of amides is 1. The maximum absolute atomic E-state index is 12.1. The molecule has 1 rings (SSSR count). The number of aryl methyl sites for hydroxylation is 1. The molecule has 0 heterocycles. The number of halogens is 1. The zero-order valence-corrected chi connectivity index (χ0v) is 20.0. The van der Waals surface area contributed by atoms with Crippen LogP contribution in [0.4, 0.5) is 0 Å². The highest BCUT2D eigenvalue weighted by molar-refractivity contribution is 14.0. The van der Waals surface area contributed by atoms with Crippen LogP contribution in [0, 0.1) is 6.92 Å². The van der Waals surface area contributed by atoms with Gasteiger partial charge in [0.1, 0.15) is 11.9 Å². The molecule has 0 saturated carbocycles. The van der Waals surface area contributed by atoms with E-state index in [1.54, 1.807) is 0 Å². The van der Waals surface area contributed by atoms with Crippen molar-refractivity contribution in [3.05, 3.63) is 29.8 Å². The number of aliphatic imine (C=N–C) groups is 1. The lowest BCUT2D eigenvalue weighted by Gasteiger charge is -2.25. The topological polar surface area (TPSA) is 66.0 Å². The van der Waals surface area contributed by atoms with E-state index in [1.807, 2.05) is 77.8 Å². The van der Waals surface area contributed by atoms with E-state index in [9.17, 15) is 4.79 Å². The van der Waals surface area contributed by atoms with Gasteiger partial charge in [0.05, 0.1) is 13.1 Å². The number of rotatable bonds is 7. The van der Waals surface area contributed by atoms with E-state index in [1.165, 1.54) is 0 Å². The summed E-state index contributed by atoms with van der Waals surface area (Å²) in [5.74, 6) is 1.50. The van der Waals surface area contributed by atoms with Crippen LogP contribution in [0.3, 0.4) is 0 Å².